The van der Waals surface area contributed by atoms with Crippen molar-refractivity contribution in [3.05, 3.63) is 17.7 Å². The van der Waals surface area contributed by atoms with Crippen LogP contribution in [-0.2, 0) is 12.0 Å². The molecule has 0 amide bonds. The van der Waals surface area contributed by atoms with Gasteiger partial charge in [0.2, 0.25) is 0 Å². The summed E-state index contributed by atoms with van der Waals surface area (Å²) in [6.45, 7) is 11.4. The summed E-state index contributed by atoms with van der Waals surface area (Å²) in [5.41, 5.74) is 2.00. The first-order valence-corrected chi connectivity index (χ1v) is 8.24. The van der Waals surface area contributed by atoms with E-state index in [0.29, 0.717) is 5.89 Å². The highest BCUT2D eigenvalue weighted by molar-refractivity contribution is 5.85. The molecule has 7 nitrogen and oxygen atoms in total. The highest BCUT2D eigenvalue weighted by Gasteiger charge is 2.27. The van der Waals surface area contributed by atoms with Crippen molar-refractivity contribution in [2.45, 2.75) is 45.7 Å². The molecular weight excluding hydrogens is 328 g/mol. The summed E-state index contributed by atoms with van der Waals surface area (Å²) in [4.78, 5) is 6.90. The Morgan fingerprint density at radius 2 is 2.12 bits per heavy atom. The van der Waals surface area contributed by atoms with Gasteiger partial charge in [0.15, 0.2) is 5.82 Å². The number of hydrogen-bond donors (Lipinski definition) is 1. The third-order valence-corrected chi connectivity index (χ3v) is 4.32. The van der Waals surface area contributed by atoms with E-state index in [4.69, 9.17) is 4.52 Å². The Labute approximate surface area is 149 Å². The molecule has 2 aromatic heterocycles. The topological polar surface area (TPSA) is 72.0 Å². The standard InChI is InChI=1S/C16H26N6O.ClH/c1-6-12-11(9-18-22(12)16(2,3)4)15-19-14(20-23-15)13-10-17-7-8-21(13)5;/h9,13,17H,6-8,10H2,1-5H3;1H. The zero-order valence-electron chi connectivity index (χ0n) is 15.0. The smallest absolute Gasteiger partial charge is 0.261 e. The van der Waals surface area contributed by atoms with Gasteiger partial charge in [-0.25, -0.2) is 0 Å². The molecule has 1 N–H and O–H groups in total. The maximum atomic E-state index is 5.55. The van der Waals surface area contributed by atoms with Crippen molar-refractivity contribution in [1.82, 2.24) is 30.1 Å². The molecule has 2 aromatic rings. The number of nitrogens with zero attached hydrogens (tertiary/aromatic N) is 5. The fourth-order valence-corrected chi connectivity index (χ4v) is 3.04. The molecule has 1 aliphatic rings. The lowest BCUT2D eigenvalue weighted by Crippen LogP contribution is -2.44. The zero-order valence-corrected chi connectivity index (χ0v) is 15.9. The minimum absolute atomic E-state index is 0. The maximum absolute atomic E-state index is 5.55. The van der Waals surface area contributed by atoms with Crippen molar-refractivity contribution >= 4 is 12.4 Å². The first kappa shape index (κ1) is 18.9. The van der Waals surface area contributed by atoms with Gasteiger partial charge in [-0.2, -0.15) is 10.1 Å². The number of aromatic nitrogens is 4. The highest BCUT2D eigenvalue weighted by Crippen LogP contribution is 2.28. The molecule has 1 aliphatic heterocycles. The van der Waals surface area contributed by atoms with Gasteiger partial charge in [-0.1, -0.05) is 12.1 Å². The number of halogens is 1. The third kappa shape index (κ3) is 3.48. The van der Waals surface area contributed by atoms with Crippen LogP contribution in [0.5, 0.6) is 0 Å². The Morgan fingerprint density at radius 3 is 2.75 bits per heavy atom. The Hall–Kier alpha value is -1.44. The molecule has 134 valence electrons. The normalized spacial score (nSPS) is 19.3. The molecule has 3 rings (SSSR count). The van der Waals surface area contributed by atoms with Crippen LogP contribution in [-0.4, -0.2) is 51.5 Å². The predicted octanol–water partition coefficient (Wildman–Crippen LogP) is 2.25. The summed E-state index contributed by atoms with van der Waals surface area (Å²) >= 11 is 0. The molecule has 0 radical (unpaired) electrons. The first-order chi connectivity index (χ1) is 10.9. The Balaban J connectivity index is 0.00000208. The lowest BCUT2D eigenvalue weighted by Gasteiger charge is -2.30. The van der Waals surface area contributed by atoms with Gasteiger partial charge in [0.1, 0.15) is 0 Å². The van der Waals surface area contributed by atoms with E-state index in [1.807, 2.05) is 10.9 Å². The summed E-state index contributed by atoms with van der Waals surface area (Å²) in [6.07, 6.45) is 2.71. The van der Waals surface area contributed by atoms with E-state index in [2.05, 4.69) is 60.2 Å². The van der Waals surface area contributed by atoms with E-state index in [1.54, 1.807) is 0 Å². The molecule has 8 heteroatoms. The molecule has 0 saturated carbocycles. The number of nitrogens with one attached hydrogen (secondary N) is 1. The van der Waals surface area contributed by atoms with E-state index in [1.165, 1.54) is 0 Å². The Morgan fingerprint density at radius 1 is 1.38 bits per heavy atom. The summed E-state index contributed by atoms with van der Waals surface area (Å²) in [5.74, 6) is 1.30. The number of likely N-dealkylation sites (N-methyl/N-ethyl adjacent to an activating group) is 1. The molecule has 1 saturated heterocycles. The van der Waals surface area contributed by atoms with Gasteiger partial charge in [0.25, 0.3) is 5.89 Å². The summed E-state index contributed by atoms with van der Waals surface area (Å²) in [5, 5.41) is 12.1. The lowest BCUT2D eigenvalue weighted by molar-refractivity contribution is 0.190. The molecule has 1 atom stereocenters. The van der Waals surface area contributed by atoms with Crippen LogP contribution in [0.4, 0.5) is 0 Å². The van der Waals surface area contributed by atoms with Crippen molar-refractivity contribution in [2.75, 3.05) is 26.7 Å². The van der Waals surface area contributed by atoms with Gasteiger partial charge in [0, 0.05) is 19.6 Å². The SMILES string of the molecule is CCc1c(-c2nc(C3CNCCN3C)no2)cnn1C(C)(C)C.Cl. The zero-order chi connectivity index (χ0) is 16.6. The molecule has 0 aliphatic carbocycles. The molecule has 1 unspecified atom stereocenters. The maximum Gasteiger partial charge on any atom is 0.261 e. The second kappa shape index (κ2) is 7.21. The van der Waals surface area contributed by atoms with E-state index < -0.39 is 0 Å². The minimum Gasteiger partial charge on any atom is -0.334 e. The summed E-state index contributed by atoms with van der Waals surface area (Å²) in [7, 11) is 2.09. The van der Waals surface area contributed by atoms with E-state index in [-0.39, 0.29) is 24.0 Å². The van der Waals surface area contributed by atoms with Crippen LogP contribution in [0.1, 0.15) is 45.3 Å². The van der Waals surface area contributed by atoms with Crippen LogP contribution in [0, 0.1) is 0 Å². The molecule has 3 heterocycles. The average Bonchev–Trinajstić information content (AvgIpc) is 3.13. The average molecular weight is 355 g/mol. The molecule has 0 spiro atoms. The van der Waals surface area contributed by atoms with Crippen LogP contribution < -0.4 is 5.32 Å². The number of piperazine rings is 1. The largest absolute Gasteiger partial charge is 0.334 e. The van der Waals surface area contributed by atoms with Crippen molar-refractivity contribution in [3.63, 3.8) is 0 Å². The molecule has 0 bridgehead atoms. The fourth-order valence-electron chi connectivity index (χ4n) is 3.04. The molecule has 24 heavy (non-hydrogen) atoms. The van der Waals surface area contributed by atoms with Gasteiger partial charge in [-0.05, 0) is 34.2 Å². The predicted molar refractivity (Wildman–Crippen MR) is 95.4 cm³/mol. The lowest BCUT2D eigenvalue weighted by atomic mass is 10.1. The van der Waals surface area contributed by atoms with Crippen LogP contribution in [0.15, 0.2) is 10.7 Å². The quantitative estimate of drug-likeness (QED) is 0.911. The third-order valence-electron chi connectivity index (χ3n) is 4.32. The van der Waals surface area contributed by atoms with Gasteiger partial charge in [-0.3, -0.25) is 9.58 Å². The van der Waals surface area contributed by atoms with E-state index in [0.717, 1.165) is 43.1 Å². The second-order valence-corrected chi connectivity index (χ2v) is 7.10. The van der Waals surface area contributed by atoms with Crippen molar-refractivity contribution in [2.24, 2.45) is 0 Å². The van der Waals surface area contributed by atoms with E-state index in [9.17, 15) is 0 Å². The Kier molecular flexibility index (Phi) is 5.67. The monoisotopic (exact) mass is 354 g/mol. The van der Waals surface area contributed by atoms with Gasteiger partial charge in [-0.15, -0.1) is 12.4 Å². The van der Waals surface area contributed by atoms with Crippen LogP contribution in [0.25, 0.3) is 11.5 Å². The van der Waals surface area contributed by atoms with Crippen LogP contribution >= 0.6 is 12.4 Å². The molecule has 0 aromatic carbocycles. The van der Waals surface area contributed by atoms with Gasteiger partial charge in [0.05, 0.1) is 29.0 Å². The summed E-state index contributed by atoms with van der Waals surface area (Å²) in [6, 6.07) is 0.156. The second-order valence-electron chi connectivity index (χ2n) is 7.10. The first-order valence-electron chi connectivity index (χ1n) is 8.24. The van der Waals surface area contributed by atoms with Gasteiger partial charge >= 0.3 is 0 Å². The van der Waals surface area contributed by atoms with Crippen LogP contribution in [0.2, 0.25) is 0 Å². The van der Waals surface area contributed by atoms with Gasteiger partial charge < -0.3 is 9.84 Å². The van der Waals surface area contributed by atoms with Crippen LogP contribution in [0.3, 0.4) is 0 Å². The van der Waals surface area contributed by atoms with Crippen molar-refractivity contribution in [3.8, 4) is 11.5 Å². The molecular formula is C16H27ClN6O. The summed E-state index contributed by atoms with van der Waals surface area (Å²) < 4.78 is 7.59. The minimum atomic E-state index is -0.0695. The van der Waals surface area contributed by atoms with E-state index >= 15 is 0 Å². The molecule has 1 fully saturated rings. The van der Waals surface area contributed by atoms with Crippen molar-refractivity contribution in [1.29, 1.82) is 0 Å². The highest BCUT2D eigenvalue weighted by atomic mass is 35.5. The number of rotatable bonds is 3. The Bertz CT molecular complexity index is 674. The number of hydrogen-bond acceptors (Lipinski definition) is 6. The fraction of sp³-hybridized carbons (Fsp3) is 0.688. The van der Waals surface area contributed by atoms with Crippen molar-refractivity contribution < 1.29 is 4.52 Å².